The summed E-state index contributed by atoms with van der Waals surface area (Å²) in [6.45, 7) is 1.89. The lowest BCUT2D eigenvalue weighted by Crippen LogP contribution is -2.04. The van der Waals surface area contributed by atoms with Gasteiger partial charge in [0.2, 0.25) is 0 Å². The van der Waals surface area contributed by atoms with E-state index in [1.165, 1.54) is 12.1 Å². The maximum absolute atomic E-state index is 11.1. The first-order valence-corrected chi connectivity index (χ1v) is 5.95. The quantitative estimate of drug-likeness (QED) is 0.907. The molecule has 0 fully saturated rings. The number of halogens is 1. The van der Waals surface area contributed by atoms with Crippen LogP contribution in [-0.4, -0.2) is 21.2 Å². The zero-order valence-corrected chi connectivity index (χ0v) is 10.8. The summed E-state index contributed by atoms with van der Waals surface area (Å²) in [6, 6.07) is 4.61. The molecule has 1 N–H and O–H groups in total. The smallest absolute Gasteiger partial charge is 0.341 e. The molecular weight excluding hydrogens is 272 g/mol. The number of ether oxygens (including phenoxy) is 1. The minimum atomic E-state index is -1.15. The van der Waals surface area contributed by atoms with Crippen molar-refractivity contribution in [3.63, 3.8) is 0 Å². The fraction of sp³-hybridized carbons (Fsp3) is 0.250. The van der Waals surface area contributed by atoms with Crippen molar-refractivity contribution < 1.29 is 19.2 Å². The van der Waals surface area contributed by atoms with Gasteiger partial charge in [-0.1, -0.05) is 29.7 Å². The number of rotatable bonds is 5. The molecule has 19 heavy (non-hydrogen) atoms. The first-order chi connectivity index (χ1) is 9.11. The zero-order valence-electron chi connectivity index (χ0n) is 10.1. The molecule has 0 saturated carbocycles. The second-order valence-electron chi connectivity index (χ2n) is 3.66. The van der Waals surface area contributed by atoms with Gasteiger partial charge in [-0.25, -0.2) is 4.79 Å². The van der Waals surface area contributed by atoms with E-state index in [0.717, 1.165) is 0 Å². The Kier molecular flexibility index (Phi) is 4.01. The van der Waals surface area contributed by atoms with Crippen LogP contribution in [0.15, 0.2) is 22.7 Å². The van der Waals surface area contributed by atoms with Crippen LogP contribution in [0.25, 0.3) is 0 Å². The topological polar surface area (TPSA) is 85.5 Å². The lowest BCUT2D eigenvalue weighted by atomic mass is 10.2. The van der Waals surface area contributed by atoms with Crippen molar-refractivity contribution in [3.8, 4) is 5.75 Å². The van der Waals surface area contributed by atoms with Crippen molar-refractivity contribution in [2.75, 3.05) is 0 Å². The standard InChI is InChI=1S/C12H11ClN2O4/c1-2-9-14-10(19-15-9)6-18-8-5-3-4-7(13)11(8)12(16)17/h3-5H,2,6H2,1H3,(H,16,17). The Morgan fingerprint density at radius 1 is 1.53 bits per heavy atom. The second-order valence-corrected chi connectivity index (χ2v) is 4.07. The van der Waals surface area contributed by atoms with Crippen LogP contribution >= 0.6 is 11.6 Å². The first kappa shape index (κ1) is 13.4. The van der Waals surface area contributed by atoms with E-state index in [2.05, 4.69) is 10.1 Å². The largest absolute Gasteiger partial charge is 0.483 e. The van der Waals surface area contributed by atoms with Crippen molar-refractivity contribution in [1.82, 2.24) is 10.1 Å². The molecule has 0 aliphatic heterocycles. The van der Waals surface area contributed by atoms with E-state index in [-0.39, 0.29) is 28.8 Å². The Hall–Kier alpha value is -2.08. The molecule has 1 aromatic carbocycles. The molecule has 2 rings (SSSR count). The predicted molar refractivity (Wildman–Crippen MR) is 66.4 cm³/mol. The van der Waals surface area contributed by atoms with Crippen LogP contribution in [0.1, 0.15) is 29.0 Å². The number of aryl methyl sites for hydroxylation is 1. The molecule has 6 nitrogen and oxygen atoms in total. The van der Waals surface area contributed by atoms with Gasteiger partial charge in [-0.2, -0.15) is 4.98 Å². The average molecular weight is 283 g/mol. The highest BCUT2D eigenvalue weighted by Crippen LogP contribution is 2.26. The normalized spacial score (nSPS) is 10.4. The molecule has 1 aromatic heterocycles. The Bertz CT molecular complexity index is 597. The summed E-state index contributed by atoms with van der Waals surface area (Å²) in [5, 5.41) is 12.9. The van der Waals surface area contributed by atoms with E-state index < -0.39 is 5.97 Å². The van der Waals surface area contributed by atoms with Crippen molar-refractivity contribution in [1.29, 1.82) is 0 Å². The van der Waals surface area contributed by atoms with Crippen molar-refractivity contribution in [2.24, 2.45) is 0 Å². The van der Waals surface area contributed by atoms with Gasteiger partial charge in [-0.05, 0) is 12.1 Å². The Morgan fingerprint density at radius 3 is 2.95 bits per heavy atom. The molecule has 0 aliphatic carbocycles. The third-order valence-corrected chi connectivity index (χ3v) is 2.68. The van der Waals surface area contributed by atoms with Crippen molar-refractivity contribution in [3.05, 3.63) is 40.5 Å². The predicted octanol–water partition coefficient (Wildman–Crippen LogP) is 2.56. The van der Waals surface area contributed by atoms with Crippen LogP contribution in [-0.2, 0) is 13.0 Å². The number of carboxylic acid groups (broad SMARTS) is 1. The van der Waals surface area contributed by atoms with Crippen LogP contribution < -0.4 is 4.74 Å². The van der Waals surface area contributed by atoms with Crippen LogP contribution in [0, 0.1) is 0 Å². The number of aromatic carboxylic acids is 1. The highest BCUT2D eigenvalue weighted by molar-refractivity contribution is 6.33. The molecule has 0 unspecified atom stereocenters. The van der Waals surface area contributed by atoms with E-state index in [1.807, 2.05) is 6.92 Å². The molecule has 1 heterocycles. The van der Waals surface area contributed by atoms with Gasteiger partial charge in [0, 0.05) is 6.42 Å². The third kappa shape index (κ3) is 3.03. The summed E-state index contributed by atoms with van der Waals surface area (Å²) < 4.78 is 10.3. The monoisotopic (exact) mass is 282 g/mol. The lowest BCUT2D eigenvalue weighted by Gasteiger charge is -2.07. The molecule has 0 saturated heterocycles. The van der Waals surface area contributed by atoms with Crippen LogP contribution in [0.2, 0.25) is 5.02 Å². The van der Waals surface area contributed by atoms with E-state index in [9.17, 15) is 4.79 Å². The van der Waals surface area contributed by atoms with Crippen LogP contribution in [0.3, 0.4) is 0 Å². The van der Waals surface area contributed by atoms with E-state index in [1.54, 1.807) is 6.07 Å². The number of hydrogen-bond donors (Lipinski definition) is 1. The maximum atomic E-state index is 11.1. The fourth-order valence-electron chi connectivity index (χ4n) is 1.46. The minimum Gasteiger partial charge on any atom is -0.483 e. The molecule has 0 amide bonds. The SMILES string of the molecule is CCc1noc(COc2cccc(Cl)c2C(=O)O)n1. The molecule has 7 heteroatoms. The number of carboxylic acids is 1. The molecule has 2 aromatic rings. The zero-order chi connectivity index (χ0) is 13.8. The van der Waals surface area contributed by atoms with Crippen LogP contribution in [0.5, 0.6) is 5.75 Å². The summed E-state index contributed by atoms with van der Waals surface area (Å²) in [5.41, 5.74) is -0.0839. The van der Waals surface area contributed by atoms with Gasteiger partial charge in [0.05, 0.1) is 5.02 Å². The molecule has 0 aliphatic rings. The van der Waals surface area contributed by atoms with Gasteiger partial charge >= 0.3 is 5.97 Å². The number of benzene rings is 1. The van der Waals surface area contributed by atoms with Gasteiger partial charge in [0.25, 0.3) is 5.89 Å². The first-order valence-electron chi connectivity index (χ1n) is 5.58. The average Bonchev–Trinajstić information content (AvgIpc) is 2.83. The highest BCUT2D eigenvalue weighted by Gasteiger charge is 2.16. The van der Waals surface area contributed by atoms with Crippen molar-refractivity contribution >= 4 is 17.6 Å². The maximum Gasteiger partial charge on any atom is 0.341 e. The molecule has 0 spiro atoms. The van der Waals surface area contributed by atoms with Gasteiger partial charge in [-0.15, -0.1) is 0 Å². The van der Waals surface area contributed by atoms with Gasteiger partial charge in [0.15, 0.2) is 12.4 Å². The second kappa shape index (κ2) is 5.71. The van der Waals surface area contributed by atoms with Crippen molar-refractivity contribution in [2.45, 2.75) is 20.0 Å². The minimum absolute atomic E-state index is 0.00633. The van der Waals surface area contributed by atoms with Gasteiger partial charge in [0.1, 0.15) is 11.3 Å². The highest BCUT2D eigenvalue weighted by atomic mass is 35.5. The Labute approximate surface area is 114 Å². The summed E-state index contributed by atoms with van der Waals surface area (Å²) in [5.74, 6) is -0.132. The molecule has 0 atom stereocenters. The van der Waals surface area contributed by atoms with E-state index in [0.29, 0.717) is 12.2 Å². The number of hydrogen-bond acceptors (Lipinski definition) is 5. The third-order valence-electron chi connectivity index (χ3n) is 2.37. The molecule has 0 radical (unpaired) electrons. The van der Waals surface area contributed by atoms with Gasteiger partial charge < -0.3 is 14.4 Å². The lowest BCUT2D eigenvalue weighted by molar-refractivity contribution is 0.0691. The molecule has 100 valence electrons. The number of aromatic nitrogens is 2. The summed E-state index contributed by atoms with van der Waals surface area (Å²) in [6.07, 6.45) is 0.654. The summed E-state index contributed by atoms with van der Waals surface area (Å²) in [4.78, 5) is 15.1. The van der Waals surface area contributed by atoms with Gasteiger partial charge in [-0.3, -0.25) is 0 Å². The Morgan fingerprint density at radius 2 is 2.32 bits per heavy atom. The molecular formula is C12H11ClN2O4. The fourth-order valence-corrected chi connectivity index (χ4v) is 1.71. The number of nitrogens with zero attached hydrogens (tertiary/aromatic N) is 2. The Balaban J connectivity index is 2.15. The number of carbonyl (C=O) groups is 1. The van der Waals surface area contributed by atoms with E-state index in [4.69, 9.17) is 26.0 Å². The van der Waals surface area contributed by atoms with Crippen LogP contribution in [0.4, 0.5) is 0 Å². The molecule has 0 bridgehead atoms. The van der Waals surface area contributed by atoms with E-state index >= 15 is 0 Å². The summed E-state index contributed by atoms with van der Waals surface area (Å²) >= 11 is 5.82. The summed E-state index contributed by atoms with van der Waals surface area (Å²) in [7, 11) is 0.